The molecule has 1 fully saturated rings. The number of hydrogen-bond donors (Lipinski definition) is 1. The molecule has 5 nitrogen and oxygen atoms in total. The highest BCUT2D eigenvalue weighted by Gasteiger charge is 2.26. The van der Waals surface area contributed by atoms with Crippen molar-refractivity contribution in [1.82, 2.24) is 10.2 Å². The van der Waals surface area contributed by atoms with E-state index in [0.29, 0.717) is 25.7 Å². The number of carbonyl (C=O) groups excluding carboxylic acids is 1. The van der Waals surface area contributed by atoms with Crippen molar-refractivity contribution in [2.75, 3.05) is 32.8 Å². The van der Waals surface area contributed by atoms with E-state index in [-0.39, 0.29) is 11.4 Å². The lowest BCUT2D eigenvalue weighted by Gasteiger charge is -2.33. The van der Waals surface area contributed by atoms with Gasteiger partial charge in [-0.2, -0.15) is 0 Å². The summed E-state index contributed by atoms with van der Waals surface area (Å²) in [6, 6.07) is 6.10. The quantitative estimate of drug-likeness (QED) is 0.925. The number of fused-ring (bicyclic) bond motifs is 1. The summed E-state index contributed by atoms with van der Waals surface area (Å²) in [5.74, 6) is 2.19. The Morgan fingerprint density at radius 2 is 2.04 bits per heavy atom. The summed E-state index contributed by atoms with van der Waals surface area (Å²) in [4.78, 5) is 14.4. The number of benzene rings is 1. The highest BCUT2D eigenvalue weighted by molar-refractivity contribution is 5.74. The normalized spacial score (nSPS) is 20.6. The van der Waals surface area contributed by atoms with Crippen molar-refractivity contribution in [3.05, 3.63) is 23.8 Å². The van der Waals surface area contributed by atoms with E-state index in [1.807, 2.05) is 17.0 Å². The fourth-order valence-corrected chi connectivity index (χ4v) is 3.35. The van der Waals surface area contributed by atoms with Crippen LogP contribution in [-0.2, 0) is 5.41 Å². The van der Waals surface area contributed by atoms with Crippen LogP contribution in [0, 0.1) is 5.92 Å². The Morgan fingerprint density at radius 1 is 1.29 bits per heavy atom. The molecule has 0 saturated carbocycles. The minimum atomic E-state index is -0.174. The van der Waals surface area contributed by atoms with Gasteiger partial charge < -0.3 is 19.7 Å². The molecule has 2 amide bonds. The van der Waals surface area contributed by atoms with E-state index in [2.05, 4.69) is 32.2 Å². The number of carbonyl (C=O) groups is 1. The van der Waals surface area contributed by atoms with Crippen LogP contribution in [0.5, 0.6) is 11.5 Å². The molecular formula is C19H28N2O3. The molecule has 1 aromatic rings. The summed E-state index contributed by atoms with van der Waals surface area (Å²) < 4.78 is 11.2. The number of urea groups is 1. The Bertz CT molecular complexity index is 600. The largest absolute Gasteiger partial charge is 0.486 e. The van der Waals surface area contributed by atoms with Crippen LogP contribution < -0.4 is 14.8 Å². The van der Waals surface area contributed by atoms with E-state index < -0.39 is 0 Å². The lowest BCUT2D eigenvalue weighted by molar-refractivity contribution is 0.167. The topological polar surface area (TPSA) is 50.8 Å². The molecule has 3 rings (SSSR count). The molecular weight excluding hydrogens is 304 g/mol. The molecule has 132 valence electrons. The standard InChI is InChI=1S/C19H28N2O3/c1-14-5-4-8-21(12-14)18(22)20-13-19(2,3)15-6-7-16-17(11-15)24-10-9-23-16/h6-7,11,14H,4-5,8-10,12-13H2,1-3H3,(H,20,22). The third-order valence-electron chi connectivity index (χ3n) is 4.95. The minimum Gasteiger partial charge on any atom is -0.486 e. The molecule has 2 aliphatic rings. The van der Waals surface area contributed by atoms with Crippen LogP contribution in [0.15, 0.2) is 18.2 Å². The zero-order valence-electron chi connectivity index (χ0n) is 14.9. The fraction of sp³-hybridized carbons (Fsp3) is 0.632. The van der Waals surface area contributed by atoms with Crippen molar-refractivity contribution in [3.63, 3.8) is 0 Å². The molecule has 0 aliphatic carbocycles. The van der Waals surface area contributed by atoms with Gasteiger partial charge in [0.15, 0.2) is 11.5 Å². The molecule has 5 heteroatoms. The van der Waals surface area contributed by atoms with E-state index in [1.165, 1.54) is 6.42 Å². The Hall–Kier alpha value is -1.91. The van der Waals surface area contributed by atoms with Gasteiger partial charge >= 0.3 is 6.03 Å². The maximum absolute atomic E-state index is 12.4. The average Bonchev–Trinajstić information content (AvgIpc) is 2.59. The lowest BCUT2D eigenvalue weighted by Crippen LogP contribution is -2.48. The summed E-state index contributed by atoms with van der Waals surface area (Å²) >= 11 is 0. The molecule has 1 unspecified atom stereocenters. The van der Waals surface area contributed by atoms with E-state index in [9.17, 15) is 4.79 Å². The van der Waals surface area contributed by atoms with Crippen molar-refractivity contribution in [2.45, 2.75) is 39.0 Å². The van der Waals surface area contributed by atoms with Gasteiger partial charge in [-0.1, -0.05) is 26.8 Å². The summed E-state index contributed by atoms with van der Waals surface area (Å²) in [7, 11) is 0. The van der Waals surface area contributed by atoms with Gasteiger partial charge in [0.05, 0.1) is 0 Å². The van der Waals surface area contributed by atoms with Gasteiger partial charge in [-0.15, -0.1) is 0 Å². The van der Waals surface area contributed by atoms with Crippen molar-refractivity contribution in [3.8, 4) is 11.5 Å². The van der Waals surface area contributed by atoms with E-state index in [0.717, 1.165) is 36.6 Å². The molecule has 0 radical (unpaired) electrons. The predicted molar refractivity (Wildman–Crippen MR) is 93.8 cm³/mol. The number of nitrogens with one attached hydrogen (secondary N) is 1. The second-order valence-electron chi connectivity index (χ2n) is 7.59. The van der Waals surface area contributed by atoms with Crippen LogP contribution in [0.1, 0.15) is 39.2 Å². The van der Waals surface area contributed by atoms with Crippen molar-refractivity contribution in [2.24, 2.45) is 5.92 Å². The minimum absolute atomic E-state index is 0.0483. The summed E-state index contributed by atoms with van der Waals surface area (Å²) in [5.41, 5.74) is 0.964. The molecule has 0 aromatic heterocycles. The van der Waals surface area contributed by atoms with Crippen molar-refractivity contribution in [1.29, 1.82) is 0 Å². The van der Waals surface area contributed by atoms with Gasteiger partial charge in [-0.3, -0.25) is 0 Å². The Kier molecular flexibility index (Phi) is 4.88. The van der Waals surface area contributed by atoms with E-state index in [4.69, 9.17) is 9.47 Å². The molecule has 24 heavy (non-hydrogen) atoms. The predicted octanol–water partition coefficient (Wildman–Crippen LogP) is 3.18. The van der Waals surface area contributed by atoms with Crippen LogP contribution in [0.25, 0.3) is 0 Å². The number of likely N-dealkylation sites (tertiary alicyclic amines) is 1. The highest BCUT2D eigenvalue weighted by Crippen LogP contribution is 2.34. The maximum atomic E-state index is 12.4. The van der Waals surface area contributed by atoms with Crippen LogP contribution in [0.4, 0.5) is 4.79 Å². The van der Waals surface area contributed by atoms with Gasteiger partial charge in [-0.05, 0) is 36.5 Å². The van der Waals surface area contributed by atoms with Crippen LogP contribution in [0.3, 0.4) is 0 Å². The van der Waals surface area contributed by atoms with Gasteiger partial charge in [0.25, 0.3) is 0 Å². The number of hydrogen-bond acceptors (Lipinski definition) is 3. The Morgan fingerprint density at radius 3 is 2.79 bits per heavy atom. The summed E-state index contributed by atoms with van der Waals surface area (Å²) in [5, 5.41) is 3.11. The fourth-order valence-electron chi connectivity index (χ4n) is 3.35. The Labute approximate surface area is 144 Å². The second-order valence-corrected chi connectivity index (χ2v) is 7.59. The highest BCUT2D eigenvalue weighted by atomic mass is 16.6. The number of ether oxygens (including phenoxy) is 2. The van der Waals surface area contributed by atoms with Crippen LogP contribution in [0.2, 0.25) is 0 Å². The SMILES string of the molecule is CC1CCCN(C(=O)NCC(C)(C)c2ccc3c(c2)OCCO3)C1. The van der Waals surface area contributed by atoms with Crippen molar-refractivity contribution >= 4 is 6.03 Å². The first-order valence-corrected chi connectivity index (χ1v) is 8.88. The van der Waals surface area contributed by atoms with E-state index in [1.54, 1.807) is 0 Å². The number of rotatable bonds is 3. The second kappa shape index (κ2) is 6.91. The molecule has 1 N–H and O–H groups in total. The number of amides is 2. The smallest absolute Gasteiger partial charge is 0.317 e. The van der Waals surface area contributed by atoms with Crippen molar-refractivity contribution < 1.29 is 14.3 Å². The lowest BCUT2D eigenvalue weighted by atomic mass is 9.84. The van der Waals surface area contributed by atoms with E-state index >= 15 is 0 Å². The summed E-state index contributed by atoms with van der Waals surface area (Å²) in [6.07, 6.45) is 2.31. The third-order valence-corrected chi connectivity index (χ3v) is 4.95. The zero-order chi connectivity index (χ0) is 17.2. The average molecular weight is 332 g/mol. The zero-order valence-corrected chi connectivity index (χ0v) is 14.9. The first-order chi connectivity index (χ1) is 11.5. The van der Waals surface area contributed by atoms with Crippen LogP contribution in [-0.4, -0.2) is 43.8 Å². The molecule has 1 aromatic carbocycles. The molecule has 1 atom stereocenters. The molecule has 0 spiro atoms. The number of piperidine rings is 1. The summed E-state index contributed by atoms with van der Waals surface area (Å²) in [6.45, 7) is 9.97. The monoisotopic (exact) mass is 332 g/mol. The first-order valence-electron chi connectivity index (χ1n) is 8.88. The molecule has 1 saturated heterocycles. The number of nitrogens with zero attached hydrogens (tertiary/aromatic N) is 1. The third kappa shape index (κ3) is 3.77. The maximum Gasteiger partial charge on any atom is 0.317 e. The van der Waals surface area contributed by atoms with Gasteiger partial charge in [0.2, 0.25) is 0 Å². The van der Waals surface area contributed by atoms with Gasteiger partial charge in [-0.25, -0.2) is 4.79 Å². The first kappa shape index (κ1) is 16.9. The van der Waals surface area contributed by atoms with Gasteiger partial charge in [0, 0.05) is 25.0 Å². The molecule has 0 bridgehead atoms. The Balaban J connectivity index is 1.62. The van der Waals surface area contributed by atoms with Crippen LogP contribution >= 0.6 is 0 Å². The molecule has 2 aliphatic heterocycles. The van der Waals surface area contributed by atoms with Gasteiger partial charge in [0.1, 0.15) is 13.2 Å². The molecule has 2 heterocycles.